The fraction of sp³-hybridized carbons (Fsp3) is 0. The van der Waals surface area contributed by atoms with Crippen LogP contribution in [0.4, 0.5) is 5.69 Å². The predicted octanol–water partition coefficient (Wildman–Crippen LogP) is 4.42. The van der Waals surface area contributed by atoms with Crippen LogP contribution in [-0.4, -0.2) is 4.98 Å². The number of benzene rings is 1. The molecule has 3 nitrogen and oxygen atoms in total. The monoisotopic (exact) mass is 288 g/mol. The van der Waals surface area contributed by atoms with E-state index in [1.807, 2.05) is 0 Å². The Morgan fingerprint density at radius 3 is 2.53 bits per heavy atom. The molecule has 2 rings (SSSR count). The largest absolute Gasteiger partial charge is 0.437 e. The normalized spacial score (nSPS) is 10.3. The summed E-state index contributed by atoms with van der Waals surface area (Å²) in [5, 5.41) is 1.19. The third-order valence-electron chi connectivity index (χ3n) is 1.90. The lowest BCUT2D eigenvalue weighted by atomic mass is 10.3. The summed E-state index contributed by atoms with van der Waals surface area (Å²) in [4.78, 5) is 3.96. The lowest BCUT2D eigenvalue weighted by Gasteiger charge is -2.07. The Kier molecular flexibility index (Phi) is 3.62. The van der Waals surface area contributed by atoms with Crippen LogP contribution in [0.1, 0.15) is 0 Å². The molecule has 2 N–H and O–H groups in total. The molecule has 2 aromatic rings. The van der Waals surface area contributed by atoms with Crippen molar-refractivity contribution < 1.29 is 4.74 Å². The first kappa shape index (κ1) is 12.3. The SMILES string of the molecule is Nc1cc(Cl)nc(Oc2cc(Cl)ccc2Cl)c1. The molecule has 1 aromatic heterocycles. The molecule has 0 amide bonds. The number of aromatic nitrogens is 1. The molecular weight excluding hydrogens is 282 g/mol. The minimum Gasteiger partial charge on any atom is -0.437 e. The van der Waals surface area contributed by atoms with Gasteiger partial charge in [-0.3, -0.25) is 0 Å². The van der Waals surface area contributed by atoms with Crippen molar-refractivity contribution in [2.75, 3.05) is 5.73 Å². The van der Waals surface area contributed by atoms with Gasteiger partial charge in [0.25, 0.3) is 0 Å². The van der Waals surface area contributed by atoms with Crippen LogP contribution in [-0.2, 0) is 0 Å². The summed E-state index contributed by atoms with van der Waals surface area (Å²) in [7, 11) is 0. The molecule has 0 fully saturated rings. The van der Waals surface area contributed by atoms with E-state index in [4.69, 9.17) is 45.3 Å². The zero-order valence-corrected chi connectivity index (χ0v) is 10.7. The second kappa shape index (κ2) is 5.00. The van der Waals surface area contributed by atoms with E-state index in [9.17, 15) is 0 Å². The molecule has 6 heteroatoms. The van der Waals surface area contributed by atoms with Gasteiger partial charge in [0.2, 0.25) is 5.88 Å². The van der Waals surface area contributed by atoms with Crippen molar-refractivity contribution in [3.63, 3.8) is 0 Å². The van der Waals surface area contributed by atoms with E-state index in [0.717, 1.165) is 0 Å². The van der Waals surface area contributed by atoms with E-state index in [1.165, 1.54) is 6.07 Å². The van der Waals surface area contributed by atoms with Gasteiger partial charge in [0, 0.05) is 22.8 Å². The topological polar surface area (TPSA) is 48.1 Å². The van der Waals surface area contributed by atoms with Crippen molar-refractivity contribution in [3.05, 3.63) is 45.5 Å². The Hall–Kier alpha value is -1.16. The summed E-state index contributed by atoms with van der Waals surface area (Å²) >= 11 is 17.5. The average molecular weight is 290 g/mol. The molecular formula is C11H7Cl3N2O. The molecule has 0 aliphatic heterocycles. The average Bonchev–Trinajstić information content (AvgIpc) is 2.22. The molecule has 0 bridgehead atoms. The Morgan fingerprint density at radius 2 is 1.82 bits per heavy atom. The van der Waals surface area contributed by atoms with Gasteiger partial charge in [0.15, 0.2) is 0 Å². The Morgan fingerprint density at radius 1 is 1.06 bits per heavy atom. The van der Waals surface area contributed by atoms with Gasteiger partial charge in [-0.25, -0.2) is 4.98 Å². The highest BCUT2D eigenvalue weighted by Crippen LogP contribution is 2.32. The molecule has 17 heavy (non-hydrogen) atoms. The second-order valence-electron chi connectivity index (χ2n) is 3.24. The summed E-state index contributed by atoms with van der Waals surface area (Å²) in [5.74, 6) is 0.660. The molecule has 0 aliphatic carbocycles. The number of hydrogen-bond acceptors (Lipinski definition) is 3. The molecule has 0 spiro atoms. The number of ether oxygens (including phenoxy) is 1. The van der Waals surface area contributed by atoms with Crippen LogP contribution in [0.5, 0.6) is 11.6 Å². The van der Waals surface area contributed by atoms with E-state index in [-0.39, 0.29) is 11.0 Å². The summed E-state index contributed by atoms with van der Waals surface area (Å²) in [6.07, 6.45) is 0. The molecule has 0 unspecified atom stereocenters. The maximum atomic E-state index is 5.95. The lowest BCUT2D eigenvalue weighted by Crippen LogP contribution is -1.92. The highest BCUT2D eigenvalue weighted by Gasteiger charge is 2.06. The molecule has 0 aliphatic rings. The number of rotatable bonds is 2. The molecule has 0 saturated carbocycles. The fourth-order valence-electron chi connectivity index (χ4n) is 1.21. The number of nitrogens with zero attached hydrogens (tertiary/aromatic N) is 1. The molecule has 0 radical (unpaired) electrons. The maximum Gasteiger partial charge on any atom is 0.222 e. The number of pyridine rings is 1. The zero-order chi connectivity index (χ0) is 12.4. The van der Waals surface area contributed by atoms with Gasteiger partial charge in [-0.15, -0.1) is 0 Å². The second-order valence-corrected chi connectivity index (χ2v) is 4.47. The first-order valence-corrected chi connectivity index (χ1v) is 5.74. The molecule has 1 aromatic carbocycles. The Balaban J connectivity index is 2.34. The smallest absolute Gasteiger partial charge is 0.222 e. The van der Waals surface area contributed by atoms with Crippen molar-refractivity contribution in [1.29, 1.82) is 0 Å². The van der Waals surface area contributed by atoms with Crippen LogP contribution in [0.3, 0.4) is 0 Å². The van der Waals surface area contributed by atoms with Crippen molar-refractivity contribution in [2.24, 2.45) is 0 Å². The number of hydrogen-bond donors (Lipinski definition) is 1. The minimum absolute atomic E-state index is 0.248. The summed E-state index contributed by atoms with van der Waals surface area (Å²) in [6.45, 7) is 0. The first-order chi connectivity index (χ1) is 8.04. The summed E-state index contributed by atoms with van der Waals surface area (Å²) in [6, 6.07) is 7.95. The van der Waals surface area contributed by atoms with E-state index in [0.29, 0.717) is 21.5 Å². The summed E-state index contributed by atoms with van der Waals surface area (Å²) in [5.41, 5.74) is 6.07. The van der Waals surface area contributed by atoms with E-state index < -0.39 is 0 Å². The molecule has 0 saturated heterocycles. The van der Waals surface area contributed by atoms with E-state index in [1.54, 1.807) is 24.3 Å². The standard InChI is InChI=1S/C11H7Cl3N2O/c12-6-1-2-8(13)9(3-6)17-11-5-7(15)4-10(14)16-11/h1-5H,(H2,15,16). The van der Waals surface area contributed by atoms with Gasteiger partial charge in [-0.1, -0.05) is 34.8 Å². The first-order valence-electron chi connectivity index (χ1n) is 4.60. The summed E-state index contributed by atoms with van der Waals surface area (Å²) < 4.78 is 5.46. The van der Waals surface area contributed by atoms with Crippen molar-refractivity contribution in [3.8, 4) is 11.6 Å². The number of nitrogens with two attached hydrogens (primary N) is 1. The van der Waals surface area contributed by atoms with Gasteiger partial charge >= 0.3 is 0 Å². The van der Waals surface area contributed by atoms with Crippen LogP contribution in [0.2, 0.25) is 15.2 Å². The number of anilines is 1. The van der Waals surface area contributed by atoms with Gasteiger partial charge in [-0.05, 0) is 18.2 Å². The lowest BCUT2D eigenvalue weighted by molar-refractivity contribution is 0.464. The van der Waals surface area contributed by atoms with E-state index >= 15 is 0 Å². The molecule has 0 atom stereocenters. The minimum atomic E-state index is 0.248. The van der Waals surface area contributed by atoms with Crippen molar-refractivity contribution >= 4 is 40.5 Å². The quantitative estimate of drug-likeness (QED) is 0.833. The Labute approximate surface area is 113 Å². The van der Waals surface area contributed by atoms with Crippen LogP contribution in [0.25, 0.3) is 0 Å². The third-order valence-corrected chi connectivity index (χ3v) is 2.64. The Bertz CT molecular complexity index is 540. The third kappa shape index (κ3) is 3.16. The predicted molar refractivity (Wildman–Crippen MR) is 70.2 cm³/mol. The van der Waals surface area contributed by atoms with Crippen LogP contribution >= 0.6 is 34.8 Å². The molecule has 88 valence electrons. The van der Waals surface area contributed by atoms with E-state index in [2.05, 4.69) is 4.98 Å². The van der Waals surface area contributed by atoms with Gasteiger partial charge in [0.1, 0.15) is 10.9 Å². The van der Waals surface area contributed by atoms with Gasteiger partial charge in [-0.2, -0.15) is 0 Å². The van der Waals surface area contributed by atoms with Gasteiger partial charge < -0.3 is 10.5 Å². The number of nitrogen functional groups attached to an aromatic ring is 1. The van der Waals surface area contributed by atoms with Crippen molar-refractivity contribution in [2.45, 2.75) is 0 Å². The number of halogens is 3. The van der Waals surface area contributed by atoms with Crippen LogP contribution < -0.4 is 10.5 Å². The highest BCUT2D eigenvalue weighted by molar-refractivity contribution is 6.34. The van der Waals surface area contributed by atoms with Crippen LogP contribution in [0.15, 0.2) is 30.3 Å². The van der Waals surface area contributed by atoms with Gasteiger partial charge in [0.05, 0.1) is 5.02 Å². The van der Waals surface area contributed by atoms with Crippen molar-refractivity contribution in [1.82, 2.24) is 4.98 Å². The highest BCUT2D eigenvalue weighted by atomic mass is 35.5. The zero-order valence-electron chi connectivity index (χ0n) is 8.45. The van der Waals surface area contributed by atoms with Crippen LogP contribution in [0, 0.1) is 0 Å². The molecule has 1 heterocycles. The fourth-order valence-corrected chi connectivity index (χ4v) is 1.74. The maximum absolute atomic E-state index is 5.95.